The van der Waals surface area contributed by atoms with Crippen molar-refractivity contribution in [1.29, 1.82) is 0 Å². The molecule has 88 heavy (non-hydrogen) atoms. The number of hydrogen-bond acceptors (Lipinski definition) is 18. The molecule has 0 amide bonds. The second kappa shape index (κ2) is 27.1. The molecule has 3 aromatic heterocycles. The molecule has 6 atom stereocenters. The van der Waals surface area contributed by atoms with Crippen LogP contribution in [0.1, 0.15) is 46.5 Å². The molecule has 6 aromatic carbocycles. The summed E-state index contributed by atoms with van der Waals surface area (Å²) in [5.74, 6) is 4.46. The summed E-state index contributed by atoms with van der Waals surface area (Å²) >= 11 is 0. The van der Waals surface area contributed by atoms with Crippen LogP contribution in [-0.2, 0) is 0 Å². The van der Waals surface area contributed by atoms with E-state index < -0.39 is 0 Å². The van der Waals surface area contributed by atoms with Crippen molar-refractivity contribution in [2.45, 2.75) is 88.7 Å². The molecular weight excluding hydrogens is 1100 g/mol. The van der Waals surface area contributed by atoms with Crippen LogP contribution >= 0.6 is 0 Å². The van der Waals surface area contributed by atoms with E-state index in [0.717, 1.165) is 120 Å². The van der Waals surface area contributed by atoms with Gasteiger partial charge in [0.1, 0.15) is 34.7 Å². The molecule has 4 saturated heterocycles. The minimum atomic E-state index is 0.175. The van der Waals surface area contributed by atoms with Gasteiger partial charge in [-0.2, -0.15) is 0 Å². The van der Waals surface area contributed by atoms with Gasteiger partial charge in [-0.15, -0.1) is 0 Å². The molecule has 7 heterocycles. The predicted octanol–water partition coefficient (Wildman–Crippen LogP) is 11.0. The van der Waals surface area contributed by atoms with Crippen LogP contribution in [0.4, 0.5) is 17.5 Å². The van der Waals surface area contributed by atoms with E-state index in [1.54, 1.807) is 36.4 Å². The summed E-state index contributed by atoms with van der Waals surface area (Å²) in [5.41, 5.74) is 7.85. The molecule has 4 fully saturated rings. The lowest BCUT2D eigenvalue weighted by atomic mass is 10.1. The van der Waals surface area contributed by atoms with E-state index in [1.807, 2.05) is 109 Å². The van der Waals surface area contributed by atoms with Gasteiger partial charge in [-0.1, -0.05) is 92.5 Å². The summed E-state index contributed by atoms with van der Waals surface area (Å²) in [7, 11) is 4.16. The summed E-state index contributed by atoms with van der Waals surface area (Å²) in [6.07, 6.45) is 4.10. The lowest BCUT2D eigenvalue weighted by Crippen LogP contribution is -2.42. The molecule has 0 unspecified atom stereocenters. The highest BCUT2D eigenvalue weighted by atomic mass is 16.3. The number of fused-ring (bicyclic) bond motifs is 3. The average Bonchev–Trinajstić information content (AvgIpc) is 1.62. The third kappa shape index (κ3) is 13.6. The zero-order chi connectivity index (χ0) is 61.4. The molecule has 0 saturated carbocycles. The number of likely N-dealkylation sites (N-methyl/N-ethyl adjacent to an activating group) is 2. The lowest BCUT2D eigenvalue weighted by Gasteiger charge is -2.37. The number of hydrogen-bond donors (Lipinski definition) is 9. The Balaban J connectivity index is 0.000000136. The fraction of sp³-hybridized carbons (Fsp3) is 0.314. The van der Waals surface area contributed by atoms with Crippen molar-refractivity contribution in [2.24, 2.45) is 0 Å². The van der Waals surface area contributed by atoms with E-state index in [0.29, 0.717) is 46.2 Å². The molecule has 4 aliphatic rings. The zero-order valence-corrected chi connectivity index (χ0v) is 51.0. The molecule has 4 aliphatic heterocycles. The molecule has 18 heteroatoms. The molecule has 9 N–H and O–H groups in total. The van der Waals surface area contributed by atoms with Crippen molar-refractivity contribution in [2.75, 3.05) is 69.3 Å². The fourth-order valence-corrected chi connectivity index (χ4v) is 11.7. The lowest BCUT2D eigenvalue weighted by molar-refractivity contribution is 0.221. The summed E-state index contributed by atoms with van der Waals surface area (Å²) in [4.78, 5) is 35.1. The van der Waals surface area contributed by atoms with Crippen molar-refractivity contribution in [1.82, 2.24) is 60.6 Å². The molecule has 9 aromatic rings. The summed E-state index contributed by atoms with van der Waals surface area (Å²) < 4.78 is 0. The number of aromatic nitrogens is 6. The highest BCUT2D eigenvalue weighted by Crippen LogP contribution is 2.35. The van der Waals surface area contributed by atoms with Gasteiger partial charge >= 0.3 is 0 Å². The van der Waals surface area contributed by atoms with Crippen LogP contribution in [0.5, 0.6) is 17.2 Å². The number of nitrogens with zero attached hydrogens (tertiary/aromatic N) is 9. The molecule has 454 valence electrons. The van der Waals surface area contributed by atoms with Crippen LogP contribution in [0.15, 0.2) is 182 Å². The molecule has 18 nitrogen and oxygen atoms in total. The third-order valence-corrected chi connectivity index (χ3v) is 17.3. The van der Waals surface area contributed by atoms with Crippen molar-refractivity contribution < 1.29 is 15.3 Å². The maximum absolute atomic E-state index is 10.3. The van der Waals surface area contributed by atoms with Gasteiger partial charge in [-0.25, -0.2) is 29.9 Å². The van der Waals surface area contributed by atoms with Crippen LogP contribution in [0.2, 0.25) is 0 Å². The van der Waals surface area contributed by atoms with Gasteiger partial charge in [0.2, 0.25) is 0 Å². The first-order valence-corrected chi connectivity index (χ1v) is 30.6. The highest BCUT2D eigenvalue weighted by molar-refractivity contribution is 5.93. The van der Waals surface area contributed by atoms with Crippen molar-refractivity contribution in [3.63, 3.8) is 0 Å². The number of benzene rings is 6. The molecule has 0 spiro atoms. The first-order chi connectivity index (χ1) is 42.7. The second-order valence-electron chi connectivity index (χ2n) is 23.4. The topological polar surface area (TPSA) is 220 Å². The monoisotopic (exact) mass is 1180 g/mol. The van der Waals surface area contributed by atoms with Crippen LogP contribution < -0.4 is 31.9 Å². The minimum Gasteiger partial charge on any atom is -0.507 e. The maximum Gasteiger partial charge on any atom is 0.165 e. The Kier molecular flexibility index (Phi) is 18.6. The summed E-state index contributed by atoms with van der Waals surface area (Å²) in [6, 6.07) is 47.3. The standard InChI is InChI=1S/C24H29N5O.C23H25N5O.C23H27N5O/c1-15(2)29(4)16(3)21-13-17(14-25-21)26-23-18-9-5-7-11-20(18)27-24(28-23)19-10-6-8-12-22(19)30;1-15(28-11-6-12-28)20-13-16(14-24-20)25-22-17-7-2-4-9-19(17)26-23(27-22)18-8-3-5-10-21(18)29;1-4-28(3)15(2)20-13-16(14-24-20)25-22-17-9-5-7-11-19(17)26-23(27-22)18-10-6-8-12-21(18)29/h5-12,15,17,21,25,30H,3,13-14H2,1-2,4H3,(H,26,27,28);2-5,7-10,16,20,24,29H,1,6,11-14H2,(H,25,26,27);5-12,16,20,24,29H,2,4,13-14H2,1,3H3,(H,25,26,27)/t17-,21+;2*16-,20+/m000/s1. The smallest absolute Gasteiger partial charge is 0.165 e. The highest BCUT2D eigenvalue weighted by Gasteiger charge is 2.33. The Bertz CT molecular complexity index is 3810. The molecule has 0 bridgehead atoms. The summed E-state index contributed by atoms with van der Waals surface area (Å²) in [5, 5.41) is 55.3. The number of likely N-dealkylation sites (tertiary alicyclic amines) is 1. The predicted molar refractivity (Wildman–Crippen MR) is 356 cm³/mol. The first kappa shape index (κ1) is 60.3. The van der Waals surface area contributed by atoms with E-state index in [2.05, 4.69) is 116 Å². The number of rotatable bonds is 17. The molecule has 0 radical (unpaired) electrons. The van der Waals surface area contributed by atoms with Crippen molar-refractivity contribution >= 4 is 50.2 Å². The van der Waals surface area contributed by atoms with Crippen LogP contribution in [0.3, 0.4) is 0 Å². The van der Waals surface area contributed by atoms with Crippen LogP contribution in [0.25, 0.3) is 66.9 Å². The normalized spacial score (nSPS) is 19.5. The van der Waals surface area contributed by atoms with Gasteiger partial charge in [0.25, 0.3) is 0 Å². The Hall–Kier alpha value is -9.36. The quantitative estimate of drug-likeness (QED) is 0.0414. The average molecular weight is 1180 g/mol. The molecular formula is C70H81N15O3. The van der Waals surface area contributed by atoms with Gasteiger partial charge in [-0.3, -0.25) is 0 Å². The van der Waals surface area contributed by atoms with Gasteiger partial charge in [0.05, 0.1) is 33.2 Å². The van der Waals surface area contributed by atoms with Crippen LogP contribution in [0, 0.1) is 0 Å². The number of phenolic OH excluding ortho intramolecular Hbond substituents is 3. The number of aromatic hydroxyl groups is 3. The van der Waals surface area contributed by atoms with Crippen molar-refractivity contribution in [3.8, 4) is 51.4 Å². The van der Waals surface area contributed by atoms with Gasteiger partial charge < -0.3 is 61.9 Å². The van der Waals surface area contributed by atoms with E-state index in [1.165, 1.54) is 12.1 Å². The zero-order valence-electron chi connectivity index (χ0n) is 51.0. The second-order valence-corrected chi connectivity index (χ2v) is 23.4. The van der Waals surface area contributed by atoms with E-state index in [-0.39, 0.29) is 47.5 Å². The van der Waals surface area contributed by atoms with Gasteiger partial charge in [0, 0.05) is 129 Å². The first-order valence-electron chi connectivity index (χ1n) is 30.6. The van der Waals surface area contributed by atoms with Gasteiger partial charge in [0.15, 0.2) is 17.5 Å². The fourth-order valence-electron chi connectivity index (χ4n) is 11.7. The number of para-hydroxylation sites is 6. The molecule has 13 rings (SSSR count). The number of phenols is 3. The van der Waals surface area contributed by atoms with E-state index in [9.17, 15) is 15.3 Å². The van der Waals surface area contributed by atoms with E-state index in [4.69, 9.17) is 15.0 Å². The molecule has 0 aliphatic carbocycles. The Labute approximate surface area is 515 Å². The number of nitrogens with one attached hydrogen (secondary N) is 6. The van der Waals surface area contributed by atoms with E-state index >= 15 is 0 Å². The third-order valence-electron chi connectivity index (χ3n) is 17.3. The number of anilines is 3. The Morgan fingerprint density at radius 1 is 0.500 bits per heavy atom. The largest absolute Gasteiger partial charge is 0.507 e. The minimum absolute atomic E-state index is 0.175. The Morgan fingerprint density at radius 3 is 1.19 bits per heavy atom. The van der Waals surface area contributed by atoms with Crippen molar-refractivity contribution in [3.05, 3.63) is 182 Å². The van der Waals surface area contributed by atoms with Crippen LogP contribution in [-0.4, -0.2) is 156 Å². The SMILES string of the molecule is C=C([C@H]1C[C@H](Nc2nc(-c3ccccc3O)nc3ccccc23)CN1)N(C)C(C)C.C=C([C@H]1C[C@H](Nc2nc(-c3ccccc3O)nc3ccccc23)CN1)N(C)CC.C=C([C@H]1C[C@H](Nc2nc(-c3ccccc3O)nc3ccccc23)CN1)N1CCC1. The Morgan fingerprint density at radius 2 is 0.841 bits per heavy atom. The summed E-state index contributed by atoms with van der Waals surface area (Å²) in [6.45, 7) is 25.0. The maximum atomic E-state index is 10.3. The van der Waals surface area contributed by atoms with Gasteiger partial charge in [-0.05, 0) is 119 Å².